The van der Waals surface area contributed by atoms with Gasteiger partial charge in [0.25, 0.3) is 5.56 Å². The van der Waals surface area contributed by atoms with Gasteiger partial charge in [-0.1, -0.05) is 11.8 Å². The van der Waals surface area contributed by atoms with Gasteiger partial charge in [0.2, 0.25) is 0 Å². The van der Waals surface area contributed by atoms with E-state index in [1.807, 2.05) is 0 Å². The van der Waals surface area contributed by atoms with Crippen LogP contribution in [-0.2, 0) is 4.74 Å². The highest BCUT2D eigenvalue weighted by Gasteiger charge is 2.43. The molecule has 2 rings (SSSR count). The first-order valence-electron chi connectivity index (χ1n) is 6.30. The molecule has 1 aliphatic heterocycles. The van der Waals surface area contributed by atoms with Crippen LogP contribution in [0.15, 0.2) is 14.4 Å². The van der Waals surface area contributed by atoms with Gasteiger partial charge in [-0.05, 0) is 22.2 Å². The van der Waals surface area contributed by atoms with Gasteiger partial charge in [-0.2, -0.15) is 0 Å². The molecule has 0 saturated carbocycles. The quantitative estimate of drug-likeness (QED) is 0.262. The third-order valence-corrected chi connectivity index (χ3v) is 4.52. The maximum atomic E-state index is 11.8. The second-order valence-electron chi connectivity index (χ2n) is 4.63. The molecule has 1 aromatic heterocycles. The topological polar surface area (TPSA) is 148 Å². The van der Waals surface area contributed by atoms with Crippen LogP contribution in [0.25, 0.3) is 0 Å². The molecule has 5 atom stereocenters. The Morgan fingerprint density at radius 1 is 1.36 bits per heavy atom. The minimum Gasteiger partial charge on any atom is -0.394 e. The highest BCUT2D eigenvalue weighted by molar-refractivity contribution is 9.10. The van der Waals surface area contributed by atoms with Crippen molar-refractivity contribution < 1.29 is 25.2 Å². The molecule has 1 saturated heterocycles. The predicted molar refractivity (Wildman–Crippen MR) is 81.7 cm³/mol. The molecule has 11 heteroatoms. The van der Waals surface area contributed by atoms with E-state index in [0.717, 1.165) is 0 Å². The Kier molecular flexibility index (Phi) is 5.82. The summed E-state index contributed by atoms with van der Waals surface area (Å²) in [7, 11) is 0. The fourth-order valence-corrected chi connectivity index (χ4v) is 2.67. The minimum atomic E-state index is -1.51. The Bertz CT molecular complexity index is 585. The van der Waals surface area contributed by atoms with E-state index in [1.54, 1.807) is 6.26 Å². The molecule has 0 spiro atoms. The van der Waals surface area contributed by atoms with Crippen LogP contribution in [0.4, 0.5) is 5.82 Å². The number of hydrogen-bond donors (Lipinski definition) is 6. The molecule has 9 nitrogen and oxygen atoms in total. The summed E-state index contributed by atoms with van der Waals surface area (Å²) >= 11 is 4.29. The Morgan fingerprint density at radius 3 is 2.64 bits per heavy atom. The smallest absolute Gasteiger partial charge is 0.268 e. The molecule has 1 aromatic rings. The van der Waals surface area contributed by atoms with E-state index < -0.39 is 42.8 Å². The average Bonchev–Trinajstić information content (AvgIpc) is 2.51. The molecular formula is C11H16BrN3O6S. The Morgan fingerprint density at radius 2 is 2.05 bits per heavy atom. The molecule has 2 heterocycles. The normalized spacial score (nSPS) is 32.0. The predicted octanol–water partition coefficient (Wildman–Crippen LogP) is -1.53. The molecule has 0 amide bonds. The third kappa shape index (κ3) is 3.45. The summed E-state index contributed by atoms with van der Waals surface area (Å²) in [5.41, 5.74) is -0.425. The number of nitrogens with zero attached hydrogens (tertiary/aromatic N) is 1. The lowest BCUT2D eigenvalue weighted by atomic mass is 9.98. The number of ether oxygens (including phenoxy) is 1. The highest BCUT2D eigenvalue weighted by Crippen LogP contribution is 2.25. The molecule has 1 aliphatic rings. The Hall–Kier alpha value is -0.690. The van der Waals surface area contributed by atoms with E-state index in [2.05, 4.69) is 31.2 Å². The average molecular weight is 398 g/mol. The molecule has 22 heavy (non-hydrogen) atoms. The van der Waals surface area contributed by atoms with Crippen molar-refractivity contribution >= 4 is 33.5 Å². The summed E-state index contributed by atoms with van der Waals surface area (Å²) in [6, 6.07) is 0. The number of thioether (sulfide) groups is 1. The van der Waals surface area contributed by atoms with Crippen LogP contribution in [0.5, 0.6) is 0 Å². The number of aromatic amines is 1. The number of anilines is 1. The van der Waals surface area contributed by atoms with Gasteiger partial charge in [0, 0.05) is 0 Å². The van der Waals surface area contributed by atoms with Crippen LogP contribution in [0, 0.1) is 0 Å². The largest absolute Gasteiger partial charge is 0.394 e. The third-order valence-electron chi connectivity index (χ3n) is 3.21. The van der Waals surface area contributed by atoms with Gasteiger partial charge in [0.05, 0.1) is 6.61 Å². The number of hydrogen-bond acceptors (Lipinski definition) is 9. The Balaban J connectivity index is 2.26. The first kappa shape index (κ1) is 17.7. The highest BCUT2D eigenvalue weighted by atomic mass is 79.9. The van der Waals surface area contributed by atoms with Crippen LogP contribution in [0.2, 0.25) is 0 Å². The summed E-state index contributed by atoms with van der Waals surface area (Å²) in [4.78, 5) is 18.4. The molecule has 0 radical (unpaired) electrons. The van der Waals surface area contributed by atoms with Gasteiger partial charge < -0.3 is 35.5 Å². The second-order valence-corrected chi connectivity index (χ2v) is 6.22. The van der Waals surface area contributed by atoms with Gasteiger partial charge in [0.1, 0.15) is 28.9 Å². The zero-order valence-corrected chi connectivity index (χ0v) is 13.8. The molecule has 124 valence electrons. The number of aromatic nitrogens is 2. The summed E-state index contributed by atoms with van der Waals surface area (Å²) < 4.78 is 5.40. The van der Waals surface area contributed by atoms with Crippen molar-refractivity contribution in [1.82, 2.24) is 9.97 Å². The van der Waals surface area contributed by atoms with Crippen LogP contribution >= 0.6 is 27.7 Å². The molecule has 0 bridgehead atoms. The van der Waals surface area contributed by atoms with E-state index >= 15 is 0 Å². The van der Waals surface area contributed by atoms with Crippen LogP contribution in [0.1, 0.15) is 0 Å². The van der Waals surface area contributed by atoms with Crippen molar-refractivity contribution in [1.29, 1.82) is 0 Å². The van der Waals surface area contributed by atoms with Crippen molar-refractivity contribution in [2.24, 2.45) is 0 Å². The number of halogens is 1. The van der Waals surface area contributed by atoms with Gasteiger partial charge in [-0.3, -0.25) is 4.79 Å². The number of aliphatic hydroxyl groups excluding tert-OH is 4. The molecule has 0 aliphatic carbocycles. The van der Waals surface area contributed by atoms with Gasteiger partial charge in [-0.25, -0.2) is 4.98 Å². The van der Waals surface area contributed by atoms with Gasteiger partial charge in [-0.15, -0.1) is 0 Å². The minimum absolute atomic E-state index is 0.0993. The van der Waals surface area contributed by atoms with E-state index in [-0.39, 0.29) is 10.3 Å². The fraction of sp³-hybridized carbons (Fsp3) is 0.636. The van der Waals surface area contributed by atoms with E-state index in [1.165, 1.54) is 11.8 Å². The first-order valence-corrected chi connectivity index (χ1v) is 8.31. The number of rotatable bonds is 4. The maximum absolute atomic E-state index is 11.8. The molecular weight excluding hydrogens is 382 g/mol. The molecule has 5 unspecified atom stereocenters. The first-order chi connectivity index (χ1) is 10.4. The molecule has 1 fully saturated rings. The van der Waals surface area contributed by atoms with E-state index in [0.29, 0.717) is 5.16 Å². The van der Waals surface area contributed by atoms with E-state index in [9.17, 15) is 20.1 Å². The fourth-order valence-electron chi connectivity index (χ4n) is 1.99. The van der Waals surface area contributed by atoms with Gasteiger partial charge >= 0.3 is 0 Å². The van der Waals surface area contributed by atoms with Crippen molar-refractivity contribution in [3.8, 4) is 0 Å². The standard InChI is InChI=1S/C11H16BrN3O6S/c1-22-11-14-8(4(12)9(20)15-11)13-10-7(19)6(18)5(17)3(2-16)21-10/h3,5-7,10,16-19H,2H2,1H3,(H2,13,14,15,20). The molecule has 6 N–H and O–H groups in total. The lowest BCUT2D eigenvalue weighted by Crippen LogP contribution is -2.60. The van der Waals surface area contributed by atoms with E-state index in [4.69, 9.17) is 9.84 Å². The number of nitrogens with one attached hydrogen (secondary N) is 2. The lowest BCUT2D eigenvalue weighted by molar-refractivity contribution is -0.221. The number of H-pyrrole nitrogens is 1. The van der Waals surface area contributed by atoms with Crippen LogP contribution in [0.3, 0.4) is 0 Å². The zero-order valence-electron chi connectivity index (χ0n) is 11.4. The van der Waals surface area contributed by atoms with Crippen molar-refractivity contribution in [2.75, 3.05) is 18.2 Å². The Labute approximate surface area is 137 Å². The van der Waals surface area contributed by atoms with Crippen LogP contribution in [-0.4, -0.2) is 73.9 Å². The maximum Gasteiger partial charge on any atom is 0.268 e. The second kappa shape index (κ2) is 7.25. The van der Waals surface area contributed by atoms with Gasteiger partial charge in [0.15, 0.2) is 17.2 Å². The lowest BCUT2D eigenvalue weighted by Gasteiger charge is -2.40. The monoisotopic (exact) mass is 397 g/mol. The molecule has 0 aromatic carbocycles. The summed E-state index contributed by atoms with van der Waals surface area (Å²) in [5, 5.41) is 41.6. The van der Waals surface area contributed by atoms with Crippen molar-refractivity contribution in [2.45, 2.75) is 35.8 Å². The van der Waals surface area contributed by atoms with Crippen LogP contribution < -0.4 is 10.9 Å². The van der Waals surface area contributed by atoms with Crippen molar-refractivity contribution in [3.05, 3.63) is 14.8 Å². The van der Waals surface area contributed by atoms with Crippen molar-refractivity contribution in [3.63, 3.8) is 0 Å². The summed E-state index contributed by atoms with van der Waals surface area (Å²) in [5.74, 6) is 0.109. The summed E-state index contributed by atoms with van der Waals surface area (Å²) in [6.07, 6.45) is -4.90. The summed E-state index contributed by atoms with van der Waals surface area (Å²) in [6.45, 7) is -0.539. The number of aliphatic hydroxyl groups is 4. The zero-order chi connectivity index (χ0) is 16.4. The SMILES string of the molecule is CSc1nc(NC2OC(CO)C(O)C(O)C2O)c(Br)c(=O)[nH]1.